The summed E-state index contributed by atoms with van der Waals surface area (Å²) in [6.07, 6.45) is 22.1. The molecule has 2 unspecified atom stereocenters. The van der Waals surface area contributed by atoms with Crippen LogP contribution in [0.1, 0.15) is 104 Å². The van der Waals surface area contributed by atoms with Gasteiger partial charge in [-0.3, -0.25) is 0 Å². The molecule has 29 heavy (non-hydrogen) atoms. The van der Waals surface area contributed by atoms with Crippen molar-refractivity contribution in [2.24, 2.45) is 0 Å². The summed E-state index contributed by atoms with van der Waals surface area (Å²) in [5.74, 6) is -0.480. The normalized spacial score (nSPS) is 19.9. The van der Waals surface area contributed by atoms with Crippen molar-refractivity contribution < 1.29 is 18.9 Å². The Morgan fingerprint density at radius 3 is 2.10 bits per heavy atom. The molecule has 0 spiro atoms. The molecule has 1 heterocycles. The van der Waals surface area contributed by atoms with E-state index in [2.05, 4.69) is 19.1 Å². The second-order valence-electron chi connectivity index (χ2n) is 8.88. The fourth-order valence-corrected chi connectivity index (χ4v) is 3.70. The van der Waals surface area contributed by atoms with Crippen LogP contribution in [0.15, 0.2) is 12.2 Å². The first kappa shape index (κ1) is 26.6. The first-order valence-corrected chi connectivity index (χ1v) is 12.1. The number of hydrogen-bond donors (Lipinski definition) is 0. The van der Waals surface area contributed by atoms with Crippen molar-refractivity contribution in [2.45, 2.75) is 122 Å². The van der Waals surface area contributed by atoms with Gasteiger partial charge >= 0.3 is 0 Å². The molecule has 0 aromatic heterocycles. The first-order chi connectivity index (χ1) is 14.1. The van der Waals surface area contributed by atoms with Gasteiger partial charge in [0.2, 0.25) is 0 Å². The molecule has 1 aliphatic rings. The van der Waals surface area contributed by atoms with E-state index in [9.17, 15) is 0 Å². The zero-order chi connectivity index (χ0) is 21.2. The summed E-state index contributed by atoms with van der Waals surface area (Å²) in [7, 11) is 1.75. The van der Waals surface area contributed by atoms with Crippen LogP contribution in [0.4, 0.5) is 0 Å². The third-order valence-corrected chi connectivity index (χ3v) is 5.55. The molecule has 0 aromatic carbocycles. The summed E-state index contributed by atoms with van der Waals surface area (Å²) >= 11 is 0. The molecule has 4 heteroatoms. The molecule has 4 nitrogen and oxygen atoms in total. The lowest BCUT2D eigenvalue weighted by Gasteiger charge is -2.18. The van der Waals surface area contributed by atoms with E-state index in [0.29, 0.717) is 19.8 Å². The van der Waals surface area contributed by atoms with E-state index in [1.54, 1.807) is 7.11 Å². The minimum Gasteiger partial charge on any atom is -0.379 e. The minimum atomic E-state index is -0.480. The predicted molar refractivity (Wildman–Crippen MR) is 121 cm³/mol. The van der Waals surface area contributed by atoms with Crippen LogP contribution in [0.5, 0.6) is 0 Å². The number of hydrogen-bond acceptors (Lipinski definition) is 4. The summed E-state index contributed by atoms with van der Waals surface area (Å²) in [6, 6.07) is 0. The molecule has 0 aliphatic carbocycles. The third kappa shape index (κ3) is 15.1. The maximum atomic E-state index is 5.77. The average molecular weight is 413 g/mol. The zero-order valence-electron chi connectivity index (χ0n) is 19.8. The van der Waals surface area contributed by atoms with Gasteiger partial charge in [0.05, 0.1) is 25.9 Å². The standard InChI is InChI=1S/C25H48O4/c1-5-6-7-8-9-10-11-12-13-14-15-16-17-18-19-23(26-4)20-27-21-24-22-28-25(2,3)29-24/h17-18,23-24H,5-16,19-22H2,1-4H3. The van der Waals surface area contributed by atoms with E-state index >= 15 is 0 Å². The maximum Gasteiger partial charge on any atom is 0.163 e. The van der Waals surface area contributed by atoms with Crippen molar-refractivity contribution in [1.82, 2.24) is 0 Å². The minimum absolute atomic E-state index is 0.0270. The van der Waals surface area contributed by atoms with Crippen LogP contribution < -0.4 is 0 Å². The van der Waals surface area contributed by atoms with E-state index < -0.39 is 5.79 Å². The molecular weight excluding hydrogens is 364 g/mol. The highest BCUT2D eigenvalue weighted by Gasteiger charge is 2.32. The molecule has 1 aliphatic heterocycles. The highest BCUT2D eigenvalue weighted by Crippen LogP contribution is 2.22. The molecule has 1 rings (SSSR count). The van der Waals surface area contributed by atoms with Crippen molar-refractivity contribution in [3.8, 4) is 0 Å². The number of ether oxygens (including phenoxy) is 4. The molecule has 0 radical (unpaired) electrons. The summed E-state index contributed by atoms with van der Waals surface area (Å²) in [6.45, 7) is 7.91. The fraction of sp³-hybridized carbons (Fsp3) is 0.920. The van der Waals surface area contributed by atoms with Gasteiger partial charge in [0, 0.05) is 7.11 Å². The average Bonchev–Trinajstić information content (AvgIpc) is 3.05. The number of allylic oxidation sites excluding steroid dienone is 1. The fourth-order valence-electron chi connectivity index (χ4n) is 3.70. The molecule has 0 aromatic rings. The van der Waals surface area contributed by atoms with Gasteiger partial charge in [-0.15, -0.1) is 0 Å². The molecule has 0 N–H and O–H groups in total. The second-order valence-corrected chi connectivity index (χ2v) is 8.88. The van der Waals surface area contributed by atoms with Gasteiger partial charge in [-0.2, -0.15) is 0 Å². The predicted octanol–water partition coefficient (Wildman–Crippen LogP) is 6.82. The summed E-state index contributed by atoms with van der Waals surface area (Å²) in [4.78, 5) is 0. The summed E-state index contributed by atoms with van der Waals surface area (Å²) in [5, 5.41) is 0. The first-order valence-electron chi connectivity index (χ1n) is 12.1. The highest BCUT2D eigenvalue weighted by atomic mass is 16.7. The van der Waals surface area contributed by atoms with Gasteiger partial charge in [-0.05, 0) is 33.1 Å². The summed E-state index contributed by atoms with van der Waals surface area (Å²) in [5.41, 5.74) is 0. The van der Waals surface area contributed by atoms with E-state index in [1.165, 1.54) is 77.0 Å². The third-order valence-electron chi connectivity index (χ3n) is 5.55. The van der Waals surface area contributed by atoms with Crippen LogP contribution in [-0.2, 0) is 18.9 Å². The Kier molecular flexibility index (Phi) is 15.9. The summed E-state index contributed by atoms with van der Waals surface area (Å²) < 4.78 is 22.6. The molecule has 1 saturated heterocycles. The van der Waals surface area contributed by atoms with E-state index in [-0.39, 0.29) is 12.2 Å². The van der Waals surface area contributed by atoms with Crippen molar-refractivity contribution >= 4 is 0 Å². The second kappa shape index (κ2) is 17.3. The van der Waals surface area contributed by atoms with Crippen molar-refractivity contribution in [3.05, 3.63) is 12.2 Å². The highest BCUT2D eigenvalue weighted by molar-refractivity contribution is 4.84. The lowest BCUT2D eigenvalue weighted by atomic mass is 10.1. The molecule has 0 amide bonds. The Balaban J connectivity index is 1.89. The number of unbranched alkanes of at least 4 members (excludes halogenated alkanes) is 11. The molecular formula is C25H48O4. The Labute approximate surface area is 180 Å². The molecule has 2 atom stereocenters. The quantitative estimate of drug-likeness (QED) is 0.172. The lowest BCUT2D eigenvalue weighted by molar-refractivity contribution is -0.146. The van der Waals surface area contributed by atoms with Gasteiger partial charge < -0.3 is 18.9 Å². The van der Waals surface area contributed by atoms with Crippen LogP contribution >= 0.6 is 0 Å². The van der Waals surface area contributed by atoms with Gasteiger partial charge in [0.25, 0.3) is 0 Å². The van der Waals surface area contributed by atoms with Gasteiger partial charge in [-0.1, -0.05) is 83.3 Å². The molecule has 1 fully saturated rings. The lowest BCUT2D eigenvalue weighted by Crippen LogP contribution is -2.26. The Hall–Kier alpha value is -0.420. The largest absolute Gasteiger partial charge is 0.379 e. The van der Waals surface area contributed by atoms with E-state index in [0.717, 1.165) is 6.42 Å². The van der Waals surface area contributed by atoms with Crippen molar-refractivity contribution in [1.29, 1.82) is 0 Å². The molecule has 0 saturated carbocycles. The van der Waals surface area contributed by atoms with E-state index in [4.69, 9.17) is 18.9 Å². The Morgan fingerprint density at radius 2 is 1.55 bits per heavy atom. The van der Waals surface area contributed by atoms with Crippen LogP contribution in [0.25, 0.3) is 0 Å². The molecule has 0 bridgehead atoms. The zero-order valence-corrected chi connectivity index (χ0v) is 19.8. The SMILES string of the molecule is CCCCCCCCCCCCCC=CCC(COCC1COC(C)(C)O1)OC. The van der Waals surface area contributed by atoms with E-state index in [1.807, 2.05) is 13.8 Å². The van der Waals surface area contributed by atoms with Crippen LogP contribution in [0.2, 0.25) is 0 Å². The Bertz CT molecular complexity index is 394. The smallest absolute Gasteiger partial charge is 0.163 e. The number of rotatable bonds is 19. The molecule has 172 valence electrons. The Morgan fingerprint density at radius 1 is 0.931 bits per heavy atom. The van der Waals surface area contributed by atoms with Crippen LogP contribution in [-0.4, -0.2) is 44.9 Å². The van der Waals surface area contributed by atoms with Gasteiger partial charge in [0.1, 0.15) is 6.10 Å². The van der Waals surface area contributed by atoms with Crippen LogP contribution in [0.3, 0.4) is 0 Å². The van der Waals surface area contributed by atoms with Crippen molar-refractivity contribution in [3.63, 3.8) is 0 Å². The van der Waals surface area contributed by atoms with Crippen molar-refractivity contribution in [2.75, 3.05) is 26.9 Å². The topological polar surface area (TPSA) is 36.9 Å². The van der Waals surface area contributed by atoms with Gasteiger partial charge in [0.15, 0.2) is 5.79 Å². The van der Waals surface area contributed by atoms with Gasteiger partial charge in [-0.25, -0.2) is 0 Å². The van der Waals surface area contributed by atoms with Crippen LogP contribution in [0, 0.1) is 0 Å². The number of methoxy groups -OCH3 is 1. The maximum absolute atomic E-state index is 5.77. The monoisotopic (exact) mass is 412 g/mol.